The summed E-state index contributed by atoms with van der Waals surface area (Å²) in [7, 11) is 1.98. The molecule has 1 aromatic carbocycles. The number of nitrogens with zero attached hydrogens (tertiary/aromatic N) is 1. The van der Waals surface area contributed by atoms with Crippen LogP contribution in [-0.2, 0) is 4.79 Å². The second-order valence-corrected chi connectivity index (χ2v) is 4.86. The van der Waals surface area contributed by atoms with Gasteiger partial charge in [0.15, 0.2) is 0 Å². The molecule has 1 aromatic rings. The number of rotatable bonds is 8. The van der Waals surface area contributed by atoms with E-state index < -0.39 is 0 Å². The lowest BCUT2D eigenvalue weighted by atomic mass is 10.2. The second kappa shape index (κ2) is 8.67. The van der Waals surface area contributed by atoms with Crippen molar-refractivity contribution in [1.29, 1.82) is 0 Å². The number of amides is 1. The zero-order valence-electron chi connectivity index (χ0n) is 11.9. The first-order valence-electron chi connectivity index (χ1n) is 6.91. The van der Waals surface area contributed by atoms with E-state index in [-0.39, 0.29) is 11.9 Å². The van der Waals surface area contributed by atoms with Gasteiger partial charge < -0.3 is 11.1 Å². The first-order valence-corrected chi connectivity index (χ1v) is 6.91. The zero-order valence-corrected chi connectivity index (χ0v) is 11.9. The number of unbranched alkanes of at least 4 members (excludes halogenated alkanes) is 2. The molecular weight excluding hydrogens is 238 g/mol. The third-order valence-electron chi connectivity index (χ3n) is 3.30. The van der Waals surface area contributed by atoms with E-state index in [2.05, 4.69) is 10.2 Å². The number of hydrogen-bond acceptors (Lipinski definition) is 3. The van der Waals surface area contributed by atoms with E-state index in [4.69, 9.17) is 5.73 Å². The van der Waals surface area contributed by atoms with E-state index in [1.54, 1.807) is 0 Å². The van der Waals surface area contributed by atoms with Gasteiger partial charge >= 0.3 is 0 Å². The summed E-state index contributed by atoms with van der Waals surface area (Å²) in [6.45, 7) is 3.60. The molecule has 0 aliphatic rings. The number of para-hydroxylation sites is 1. The van der Waals surface area contributed by atoms with Crippen LogP contribution in [0.15, 0.2) is 30.3 Å². The fraction of sp³-hybridized carbons (Fsp3) is 0.533. The van der Waals surface area contributed by atoms with Crippen molar-refractivity contribution in [2.45, 2.75) is 32.2 Å². The molecule has 0 radical (unpaired) electrons. The van der Waals surface area contributed by atoms with Crippen LogP contribution in [0.1, 0.15) is 26.2 Å². The van der Waals surface area contributed by atoms with Crippen molar-refractivity contribution < 1.29 is 4.79 Å². The van der Waals surface area contributed by atoms with Crippen molar-refractivity contribution in [3.05, 3.63) is 30.3 Å². The first kappa shape index (κ1) is 15.7. The Balaban J connectivity index is 2.35. The minimum atomic E-state index is -0.127. The molecule has 1 amide bonds. The molecule has 0 aliphatic carbocycles. The highest BCUT2D eigenvalue weighted by molar-refractivity contribution is 5.94. The third-order valence-corrected chi connectivity index (χ3v) is 3.30. The molecule has 0 aromatic heterocycles. The fourth-order valence-electron chi connectivity index (χ4n) is 1.84. The van der Waals surface area contributed by atoms with Gasteiger partial charge in [-0.3, -0.25) is 9.69 Å². The maximum atomic E-state index is 12.1. The Morgan fingerprint density at radius 3 is 2.58 bits per heavy atom. The predicted octanol–water partition coefficient (Wildman–Crippen LogP) is 2.07. The Labute approximate surface area is 116 Å². The van der Waals surface area contributed by atoms with Crippen LogP contribution in [0.5, 0.6) is 0 Å². The van der Waals surface area contributed by atoms with Crippen LogP contribution in [0.4, 0.5) is 5.69 Å². The van der Waals surface area contributed by atoms with Gasteiger partial charge in [0.1, 0.15) is 0 Å². The Morgan fingerprint density at radius 2 is 1.95 bits per heavy atom. The molecule has 4 nitrogen and oxygen atoms in total. The highest BCUT2D eigenvalue weighted by Crippen LogP contribution is 2.08. The van der Waals surface area contributed by atoms with Gasteiger partial charge in [0.05, 0.1) is 6.04 Å². The molecule has 0 saturated heterocycles. The molecule has 19 heavy (non-hydrogen) atoms. The lowest BCUT2D eigenvalue weighted by Crippen LogP contribution is -2.40. The van der Waals surface area contributed by atoms with Crippen molar-refractivity contribution in [2.24, 2.45) is 5.73 Å². The van der Waals surface area contributed by atoms with Gasteiger partial charge in [0.25, 0.3) is 0 Å². The Morgan fingerprint density at radius 1 is 1.26 bits per heavy atom. The van der Waals surface area contributed by atoms with Crippen molar-refractivity contribution in [1.82, 2.24) is 4.90 Å². The van der Waals surface area contributed by atoms with Gasteiger partial charge in [-0.15, -0.1) is 0 Å². The average molecular weight is 263 g/mol. The molecule has 1 unspecified atom stereocenters. The van der Waals surface area contributed by atoms with Crippen LogP contribution < -0.4 is 11.1 Å². The standard InChI is InChI=1S/C15H25N3O/c1-13(18(2)12-8-4-7-11-16)15(19)17-14-9-5-3-6-10-14/h3,5-6,9-10,13H,4,7-8,11-12,16H2,1-2H3,(H,17,19). The van der Waals surface area contributed by atoms with Crippen molar-refractivity contribution in [2.75, 3.05) is 25.5 Å². The lowest BCUT2D eigenvalue weighted by Gasteiger charge is -2.23. The summed E-state index contributed by atoms with van der Waals surface area (Å²) in [6.07, 6.45) is 3.25. The molecule has 4 heteroatoms. The van der Waals surface area contributed by atoms with Crippen LogP contribution in [0.25, 0.3) is 0 Å². The summed E-state index contributed by atoms with van der Waals surface area (Å²) in [6, 6.07) is 9.42. The molecule has 1 atom stereocenters. The molecule has 0 heterocycles. The van der Waals surface area contributed by atoms with Crippen molar-refractivity contribution in [3.8, 4) is 0 Å². The van der Waals surface area contributed by atoms with Crippen molar-refractivity contribution in [3.63, 3.8) is 0 Å². The molecule has 0 bridgehead atoms. The first-order chi connectivity index (χ1) is 9.15. The number of anilines is 1. The monoisotopic (exact) mass is 263 g/mol. The van der Waals surface area contributed by atoms with Gasteiger partial charge in [-0.05, 0) is 52.0 Å². The van der Waals surface area contributed by atoms with E-state index in [0.717, 1.165) is 38.0 Å². The van der Waals surface area contributed by atoms with E-state index in [1.165, 1.54) is 0 Å². The summed E-state index contributed by atoms with van der Waals surface area (Å²) in [4.78, 5) is 14.1. The van der Waals surface area contributed by atoms with Crippen molar-refractivity contribution >= 4 is 11.6 Å². The molecule has 0 fully saturated rings. The quantitative estimate of drug-likeness (QED) is 0.706. The van der Waals surface area contributed by atoms with E-state index >= 15 is 0 Å². The van der Waals surface area contributed by atoms with E-state index in [0.29, 0.717) is 0 Å². The van der Waals surface area contributed by atoms with Gasteiger partial charge in [0.2, 0.25) is 5.91 Å². The lowest BCUT2D eigenvalue weighted by molar-refractivity contribution is -0.120. The van der Waals surface area contributed by atoms with Gasteiger partial charge in [-0.1, -0.05) is 24.6 Å². The van der Waals surface area contributed by atoms with Crippen LogP contribution in [0.3, 0.4) is 0 Å². The summed E-state index contributed by atoms with van der Waals surface area (Å²) in [5.74, 6) is 0.0347. The highest BCUT2D eigenvalue weighted by Gasteiger charge is 2.17. The number of nitrogens with two attached hydrogens (primary N) is 1. The molecular formula is C15H25N3O. The zero-order chi connectivity index (χ0) is 14.1. The summed E-state index contributed by atoms with van der Waals surface area (Å²) < 4.78 is 0. The van der Waals surface area contributed by atoms with E-state index in [9.17, 15) is 4.79 Å². The van der Waals surface area contributed by atoms with Crippen LogP contribution in [0, 0.1) is 0 Å². The number of likely N-dealkylation sites (N-methyl/N-ethyl adjacent to an activating group) is 1. The van der Waals surface area contributed by atoms with Crippen LogP contribution in [-0.4, -0.2) is 37.0 Å². The summed E-state index contributed by atoms with van der Waals surface area (Å²) >= 11 is 0. The molecule has 3 N–H and O–H groups in total. The second-order valence-electron chi connectivity index (χ2n) is 4.86. The number of nitrogens with one attached hydrogen (secondary N) is 1. The van der Waals surface area contributed by atoms with Gasteiger partial charge in [-0.2, -0.15) is 0 Å². The number of benzene rings is 1. The Kier molecular flexibility index (Phi) is 7.15. The number of hydrogen-bond donors (Lipinski definition) is 2. The Hall–Kier alpha value is -1.39. The highest BCUT2D eigenvalue weighted by atomic mass is 16.2. The SMILES string of the molecule is CC(C(=O)Nc1ccccc1)N(C)CCCCCN. The van der Waals surface area contributed by atoms with Crippen LogP contribution in [0.2, 0.25) is 0 Å². The van der Waals surface area contributed by atoms with E-state index in [1.807, 2.05) is 44.3 Å². The fourth-order valence-corrected chi connectivity index (χ4v) is 1.84. The summed E-state index contributed by atoms with van der Waals surface area (Å²) in [5.41, 5.74) is 6.31. The molecule has 106 valence electrons. The third kappa shape index (κ3) is 5.85. The average Bonchev–Trinajstić information content (AvgIpc) is 2.43. The maximum Gasteiger partial charge on any atom is 0.241 e. The molecule has 0 saturated carbocycles. The summed E-state index contributed by atoms with van der Waals surface area (Å²) in [5, 5.41) is 2.92. The minimum Gasteiger partial charge on any atom is -0.330 e. The molecule has 0 spiro atoms. The molecule has 0 aliphatic heterocycles. The molecule has 1 rings (SSSR count). The number of carbonyl (C=O) groups excluding carboxylic acids is 1. The largest absolute Gasteiger partial charge is 0.330 e. The normalized spacial score (nSPS) is 12.4. The van der Waals surface area contributed by atoms with Gasteiger partial charge in [0, 0.05) is 5.69 Å². The topological polar surface area (TPSA) is 58.4 Å². The maximum absolute atomic E-state index is 12.1. The smallest absolute Gasteiger partial charge is 0.241 e. The predicted molar refractivity (Wildman–Crippen MR) is 80.1 cm³/mol. The van der Waals surface area contributed by atoms with Crippen LogP contribution >= 0.6 is 0 Å². The number of carbonyl (C=O) groups is 1. The minimum absolute atomic E-state index is 0.0347. The van der Waals surface area contributed by atoms with Gasteiger partial charge in [-0.25, -0.2) is 0 Å². The Bertz CT molecular complexity index is 367.